The van der Waals surface area contributed by atoms with E-state index in [-0.39, 0.29) is 108 Å². The van der Waals surface area contributed by atoms with E-state index in [0.29, 0.717) is 64.2 Å². The second kappa shape index (κ2) is 49.7. The number of hydrogen-bond donors (Lipinski definition) is 20. The second-order valence-corrected chi connectivity index (χ2v) is 34.8. The average Bonchev–Trinajstić information content (AvgIpc) is 1.56. The van der Waals surface area contributed by atoms with Gasteiger partial charge >= 0.3 is 0 Å². The highest BCUT2D eigenvalue weighted by Crippen LogP contribution is 2.28. The van der Waals surface area contributed by atoms with Gasteiger partial charge in [-0.25, -0.2) is 0 Å². The van der Waals surface area contributed by atoms with Crippen LogP contribution in [0.25, 0.3) is 21.8 Å². The third-order valence-electron chi connectivity index (χ3n) is 23.6. The third-order valence-corrected chi connectivity index (χ3v) is 24.6. The standard InChI is InChI=1S/C88H127N23O19S/c1-9-11-25-67-80(123)99-58(24-17-33-94-88(92)93)76(119)106-66(75(118)97-44-72(91)115)46-131-47-73(116)98-61(37-50-29-31-53(113)32-30-50)83(126)107(6)49(5)74(117)101-63(40-71(90)114)86(129)111-35-19-28-69(111)82(125)104-64(41-89)78(121)102-60(36-48(3)4)85(128)110-34-18-27-68(110)81(124)100-59(38-51-42-95-56-22-15-13-20-54(51)56)77(120)105-65(45-112)79(122)103-62(39-52-43-96-57-23-16-14-21-55(52)57)84(127)109(8)70(26-12-10-2)87(130)108(67)7/h13-16,20-23,29-32,42-43,48-49,58-70,95-96,112-113H,9-12,17-19,24-28,33-41,44-47,89H2,1-8H3,(H2,90,114)(H2,91,115)(H,97,118)(H,98,116)(H,99,123)(H,100,124)(H,101,117)(H,102,121)(H,103,122)(H,104,125)(H,105,120)(H,106,119)(H4,92,93,94)/t49-,58-,59-,60-,61-,62-,63-,64-,65-,66-,67-,68-,69-,70-/m0/s1. The van der Waals surface area contributed by atoms with Gasteiger partial charge in [-0.15, -0.1) is 11.8 Å². The first-order valence-corrected chi connectivity index (χ1v) is 45.4. The summed E-state index contributed by atoms with van der Waals surface area (Å²) in [4.78, 5) is 260. The van der Waals surface area contributed by atoms with Gasteiger partial charge in [-0.3, -0.25) is 86.9 Å². The van der Waals surface area contributed by atoms with Crippen LogP contribution < -0.4 is 81.4 Å². The Hall–Kier alpha value is -12.9. The quantitative estimate of drug-likeness (QED) is 0.0158. The fraction of sp³-hybridized carbons (Fsp3) is 0.545. The van der Waals surface area contributed by atoms with E-state index in [1.54, 1.807) is 74.8 Å². The number of aliphatic hydroxyl groups excluding tert-OH is 1. The van der Waals surface area contributed by atoms with Crippen LogP contribution in [-0.4, -0.2) is 308 Å². The minimum atomic E-state index is -1.85. The summed E-state index contributed by atoms with van der Waals surface area (Å²) in [6.45, 7) is 6.07. The van der Waals surface area contributed by atoms with Crippen LogP contribution in [0.1, 0.15) is 141 Å². The second-order valence-electron chi connectivity index (χ2n) is 33.7. The molecular formula is C88H127N23O19S. The van der Waals surface area contributed by atoms with Crippen LogP contribution in [0, 0.1) is 11.3 Å². The molecule has 3 aliphatic rings. The van der Waals surface area contributed by atoms with Crippen LogP contribution in [0.3, 0.4) is 0 Å². The van der Waals surface area contributed by atoms with E-state index in [4.69, 9.17) is 28.3 Å². The summed E-state index contributed by atoms with van der Waals surface area (Å²) in [5, 5.41) is 59.5. The fourth-order valence-corrected chi connectivity index (χ4v) is 17.0. The van der Waals surface area contributed by atoms with E-state index in [1.165, 1.54) is 57.2 Å². The molecule has 0 saturated carbocycles. The number of phenolic OH excluding ortho intramolecular Hbond substituents is 1. The fourth-order valence-electron chi connectivity index (χ4n) is 16.2. The first-order valence-electron chi connectivity index (χ1n) is 44.2. The highest BCUT2D eigenvalue weighted by Gasteiger charge is 2.45. The van der Waals surface area contributed by atoms with E-state index in [9.17, 15) is 58.2 Å². The van der Waals surface area contributed by atoms with Crippen molar-refractivity contribution in [2.75, 3.05) is 72.0 Å². The molecule has 3 fully saturated rings. The Kier molecular flexibility index (Phi) is 39.3. The zero-order valence-electron chi connectivity index (χ0n) is 75.2. The molecule has 0 bridgehead atoms. The molecule has 0 aliphatic carbocycles. The van der Waals surface area contributed by atoms with Crippen molar-refractivity contribution in [1.82, 2.24) is 93.0 Å². The van der Waals surface area contributed by atoms with Gasteiger partial charge in [0, 0.05) is 107 Å². The van der Waals surface area contributed by atoms with Crippen LogP contribution in [0.5, 0.6) is 5.75 Å². The lowest BCUT2D eigenvalue weighted by molar-refractivity contribution is -0.149. The highest BCUT2D eigenvalue weighted by atomic mass is 32.2. The van der Waals surface area contributed by atoms with Crippen molar-refractivity contribution in [2.24, 2.45) is 28.9 Å². The number of carbonyl (C=O) groups is 17. The summed E-state index contributed by atoms with van der Waals surface area (Å²) in [7, 11) is 3.93. The number of aromatic nitrogens is 2. The number of rotatable bonds is 25. The number of carbonyl (C=O) groups excluding carboxylic acids is 17. The first kappa shape index (κ1) is 103. The number of phenols is 1. The number of aromatic hydroxyl groups is 1. The Balaban J connectivity index is 1.18. The molecule has 17 amide bonds. The number of unbranched alkanes of at least 4 members (excludes halogenated alkanes) is 2. The first-order chi connectivity index (χ1) is 62.4. The van der Waals surface area contributed by atoms with Gasteiger partial charge in [-0.2, -0.15) is 0 Å². The lowest BCUT2D eigenvalue weighted by Crippen LogP contribution is -2.62. The number of nitrogens with one attached hydrogen (secondary N) is 14. The minimum absolute atomic E-state index is 0.00294. The largest absolute Gasteiger partial charge is 0.508 e. The summed E-state index contributed by atoms with van der Waals surface area (Å²) in [6, 6.07) is -1.39. The molecule has 3 aromatic carbocycles. The smallest absolute Gasteiger partial charge is 0.246 e. The summed E-state index contributed by atoms with van der Waals surface area (Å²) < 4.78 is 0. The Morgan fingerprint density at radius 2 is 1.01 bits per heavy atom. The number of H-pyrrole nitrogens is 2. The molecule has 5 aromatic rings. The molecule has 714 valence electrons. The number of aliphatic hydroxyl groups is 1. The Bertz CT molecular complexity index is 4910. The topological polar surface area (TPSA) is 639 Å². The van der Waals surface area contributed by atoms with Crippen LogP contribution >= 0.6 is 11.8 Å². The Morgan fingerprint density at radius 3 is 1.56 bits per heavy atom. The number of likely N-dealkylation sites (N-methyl/N-ethyl adjacent to an activating group) is 3. The normalized spacial score (nSPS) is 24.6. The molecule has 3 saturated heterocycles. The number of aromatic amines is 2. The number of guanidine groups is 1. The van der Waals surface area contributed by atoms with E-state index in [2.05, 4.69) is 68.5 Å². The number of para-hydroxylation sites is 2. The Morgan fingerprint density at radius 1 is 0.519 bits per heavy atom. The SMILES string of the molecule is CCCC[C@H]1C(=O)N(C)[C@@H](CCCC)C(=O)N[C@@H](CCCNC(=N)N)C(=O)N[C@H](C(=O)NCC(N)=O)CSCC(=O)N[C@@H](Cc2ccc(O)cc2)C(=O)N(C)[C@@H](C)C(=O)N[C@@H](CC(N)=O)C(=O)N2CCC[C@H]2C(=O)N[C@@H](CN)C(=O)N[C@@H](CC(C)C)C(=O)N2CCC[C@H]2C(=O)N[C@@H](Cc2c[nH]c3ccccc23)C(=O)N[C@@H](CO)C(=O)N[C@@H](Cc2c[nH]c3ccccc23)C(=O)N1C. The third kappa shape index (κ3) is 29.0. The van der Waals surface area contributed by atoms with Gasteiger partial charge in [-0.1, -0.05) is 102 Å². The lowest BCUT2D eigenvalue weighted by atomic mass is 10.00. The summed E-state index contributed by atoms with van der Waals surface area (Å²) >= 11 is 0.765. The van der Waals surface area contributed by atoms with Crippen molar-refractivity contribution < 1.29 is 91.7 Å². The van der Waals surface area contributed by atoms with Crippen molar-refractivity contribution in [1.29, 1.82) is 5.41 Å². The van der Waals surface area contributed by atoms with Crippen molar-refractivity contribution in [3.63, 3.8) is 0 Å². The van der Waals surface area contributed by atoms with E-state index < -0.39 is 229 Å². The molecular weight excluding hydrogens is 1720 g/mol. The monoisotopic (exact) mass is 1840 g/mol. The zero-order valence-corrected chi connectivity index (χ0v) is 76.0. The van der Waals surface area contributed by atoms with Gasteiger partial charge in [0.2, 0.25) is 100 Å². The van der Waals surface area contributed by atoms with Crippen LogP contribution in [-0.2, 0) is 101 Å². The predicted molar refractivity (Wildman–Crippen MR) is 485 cm³/mol. The number of thioether (sulfide) groups is 1. The molecule has 131 heavy (non-hydrogen) atoms. The number of nitrogens with zero attached hydrogens (tertiary/aromatic N) is 5. The maximum atomic E-state index is 15.7. The number of amides is 17. The number of benzene rings is 3. The molecule has 5 heterocycles. The number of nitrogens with two attached hydrogens (primary N) is 4. The number of hydrogen-bond acceptors (Lipinski definition) is 22. The molecule has 0 radical (unpaired) electrons. The molecule has 8 rings (SSSR count). The molecule has 0 spiro atoms. The summed E-state index contributed by atoms with van der Waals surface area (Å²) in [5.74, 6) is -17.4. The van der Waals surface area contributed by atoms with Gasteiger partial charge in [0.15, 0.2) is 5.96 Å². The molecule has 3 aliphatic heterocycles. The van der Waals surface area contributed by atoms with E-state index >= 15 is 33.6 Å². The summed E-state index contributed by atoms with van der Waals surface area (Å²) in [6.07, 6.45) is 3.74. The van der Waals surface area contributed by atoms with Gasteiger partial charge in [0.05, 0.1) is 25.3 Å². The van der Waals surface area contributed by atoms with Gasteiger partial charge in [0.1, 0.15) is 90.3 Å². The van der Waals surface area contributed by atoms with Gasteiger partial charge in [-0.05, 0) is 112 Å². The van der Waals surface area contributed by atoms with Crippen LogP contribution in [0.2, 0.25) is 0 Å². The maximum absolute atomic E-state index is 15.7. The van der Waals surface area contributed by atoms with E-state index in [1.807, 2.05) is 13.8 Å². The Labute approximate surface area is 763 Å². The highest BCUT2D eigenvalue weighted by molar-refractivity contribution is 8.00. The van der Waals surface area contributed by atoms with Crippen LogP contribution in [0.4, 0.5) is 0 Å². The minimum Gasteiger partial charge on any atom is -0.508 e. The molecule has 2 aromatic heterocycles. The number of primary amides is 2. The average molecular weight is 1840 g/mol. The lowest BCUT2D eigenvalue weighted by Gasteiger charge is -2.36. The zero-order chi connectivity index (χ0) is 96.0. The number of fused-ring (bicyclic) bond motifs is 4. The molecule has 42 nitrogen and oxygen atoms in total. The summed E-state index contributed by atoms with van der Waals surface area (Å²) in [5.41, 5.74) is 25.7. The molecule has 43 heteroatoms. The molecule has 14 atom stereocenters. The van der Waals surface area contributed by atoms with Gasteiger partial charge < -0.3 is 126 Å². The van der Waals surface area contributed by atoms with Crippen molar-refractivity contribution >= 4 is 140 Å². The van der Waals surface area contributed by atoms with Crippen molar-refractivity contribution in [2.45, 2.75) is 228 Å². The molecule has 0 unspecified atom stereocenters. The van der Waals surface area contributed by atoms with Gasteiger partial charge in [0.25, 0.3) is 0 Å². The van der Waals surface area contributed by atoms with Crippen LogP contribution in [0.15, 0.2) is 85.2 Å². The predicted octanol–water partition coefficient (Wildman–Crippen LogP) is -2.91. The maximum Gasteiger partial charge on any atom is 0.246 e. The van der Waals surface area contributed by atoms with Crippen molar-refractivity contribution in [3.05, 3.63) is 102 Å². The molecule has 24 N–H and O–H groups in total. The van der Waals surface area contributed by atoms with E-state index in [0.717, 1.165) is 31.4 Å². The van der Waals surface area contributed by atoms with Crippen molar-refractivity contribution in [3.8, 4) is 5.75 Å².